The molecule has 482 valence electrons. The molecule has 3 atom stereocenters. The molecule has 0 rings (SSSR count). The molecule has 16 nitrogen and oxygen atoms in total. The SMILES string of the molecule is CCCCCCCCCCSC(C)C(=O)OCCOC(=O)CCN(C)CCN(CCN(C)CCC(=O)OCCOC(=O)C(C)SCCCCCCCCCC)CCN(C)CCC(=O)OCCOC(=O)C(C)SCCCCCCCCCC. The predicted molar refractivity (Wildman–Crippen MR) is 342 cm³/mol. The molecule has 0 aliphatic heterocycles. The van der Waals surface area contributed by atoms with E-state index in [9.17, 15) is 28.8 Å². The Morgan fingerprint density at radius 2 is 0.524 bits per heavy atom. The van der Waals surface area contributed by atoms with Gasteiger partial charge < -0.3 is 43.1 Å². The highest BCUT2D eigenvalue weighted by Gasteiger charge is 2.19. The molecule has 0 aromatic rings. The Hall–Kier alpha value is -2.29. The van der Waals surface area contributed by atoms with E-state index >= 15 is 0 Å². The van der Waals surface area contributed by atoms with Crippen molar-refractivity contribution in [1.82, 2.24) is 19.6 Å². The average Bonchev–Trinajstić information content (AvgIpc) is 3.46. The van der Waals surface area contributed by atoms with Crippen molar-refractivity contribution in [3.8, 4) is 0 Å². The van der Waals surface area contributed by atoms with Gasteiger partial charge in [-0.1, -0.05) is 156 Å². The van der Waals surface area contributed by atoms with Gasteiger partial charge >= 0.3 is 35.8 Å². The Kier molecular flexibility index (Phi) is 56.2. The first-order valence-electron chi connectivity index (χ1n) is 32.2. The highest BCUT2D eigenvalue weighted by atomic mass is 32.2. The number of hydrogen-bond donors (Lipinski definition) is 0. The van der Waals surface area contributed by atoms with Gasteiger partial charge in [-0.2, -0.15) is 0 Å². The maximum atomic E-state index is 12.6. The van der Waals surface area contributed by atoms with Crippen molar-refractivity contribution in [1.29, 1.82) is 0 Å². The maximum Gasteiger partial charge on any atom is 0.318 e. The molecule has 0 amide bonds. The fourth-order valence-corrected chi connectivity index (χ4v) is 11.4. The van der Waals surface area contributed by atoms with Crippen LogP contribution in [0.1, 0.15) is 215 Å². The molecule has 0 aliphatic rings. The normalized spacial score (nSPS) is 12.7. The Bertz CT molecular complexity index is 1400. The molecular weight excluding hydrogens is 1100 g/mol. The number of likely N-dealkylation sites (N-methyl/N-ethyl adjacent to an activating group) is 3. The zero-order chi connectivity index (χ0) is 60.7. The summed E-state index contributed by atoms with van der Waals surface area (Å²) in [5, 5.41) is -0.770. The number of rotatable bonds is 60. The van der Waals surface area contributed by atoms with Crippen LogP contribution in [0.15, 0.2) is 0 Å². The molecule has 82 heavy (non-hydrogen) atoms. The molecule has 0 N–H and O–H groups in total. The molecule has 0 saturated heterocycles. The lowest BCUT2D eigenvalue weighted by atomic mass is 10.1. The second kappa shape index (κ2) is 57.8. The van der Waals surface area contributed by atoms with Crippen LogP contribution >= 0.6 is 35.3 Å². The molecule has 3 unspecified atom stereocenters. The summed E-state index contributed by atoms with van der Waals surface area (Å²) in [5.41, 5.74) is 0. The summed E-state index contributed by atoms with van der Waals surface area (Å²) in [6.45, 7) is 18.2. The van der Waals surface area contributed by atoms with Gasteiger partial charge in [0.15, 0.2) is 0 Å². The topological polar surface area (TPSA) is 171 Å². The summed E-state index contributed by atoms with van der Waals surface area (Å²) in [7, 11) is 5.90. The molecule has 0 radical (unpaired) electrons. The Morgan fingerprint density at radius 3 is 0.768 bits per heavy atom. The summed E-state index contributed by atoms with van der Waals surface area (Å²) < 4.78 is 32.3. The minimum atomic E-state index is -0.347. The number of carbonyl (C=O) groups is 6. The molecule has 0 saturated carbocycles. The van der Waals surface area contributed by atoms with Crippen molar-refractivity contribution in [2.45, 2.75) is 231 Å². The van der Waals surface area contributed by atoms with Crippen LogP contribution in [0.2, 0.25) is 0 Å². The van der Waals surface area contributed by atoms with E-state index in [-0.39, 0.29) is 110 Å². The van der Waals surface area contributed by atoms with E-state index in [1.165, 1.54) is 135 Å². The van der Waals surface area contributed by atoms with E-state index in [1.54, 1.807) is 35.3 Å². The van der Waals surface area contributed by atoms with Gasteiger partial charge in [-0.3, -0.25) is 33.7 Å². The third-order valence-electron chi connectivity index (χ3n) is 14.4. The smallest absolute Gasteiger partial charge is 0.318 e. The Balaban J connectivity index is 4.86. The van der Waals surface area contributed by atoms with E-state index < -0.39 is 0 Å². The lowest BCUT2D eigenvalue weighted by Gasteiger charge is -2.29. The number of thioether (sulfide) groups is 3. The number of ether oxygens (including phenoxy) is 6. The van der Waals surface area contributed by atoms with Crippen LogP contribution in [-0.2, 0) is 57.2 Å². The Morgan fingerprint density at radius 1 is 0.305 bits per heavy atom. The fourth-order valence-electron chi connectivity index (χ4n) is 8.61. The molecule has 0 heterocycles. The van der Waals surface area contributed by atoms with E-state index in [1.807, 2.05) is 41.9 Å². The first-order valence-corrected chi connectivity index (χ1v) is 35.4. The zero-order valence-electron chi connectivity index (χ0n) is 53.5. The summed E-state index contributed by atoms with van der Waals surface area (Å²) in [4.78, 5) is 83.9. The molecule has 0 aliphatic carbocycles. The van der Waals surface area contributed by atoms with Crippen LogP contribution < -0.4 is 0 Å². The van der Waals surface area contributed by atoms with Gasteiger partial charge in [-0.25, -0.2) is 0 Å². The summed E-state index contributed by atoms with van der Waals surface area (Å²) in [6.07, 6.45) is 30.7. The van der Waals surface area contributed by atoms with Crippen molar-refractivity contribution in [3.63, 3.8) is 0 Å². The quantitative estimate of drug-likeness (QED) is 0.0320. The second-order valence-electron chi connectivity index (χ2n) is 22.1. The van der Waals surface area contributed by atoms with Crippen LogP contribution in [0.25, 0.3) is 0 Å². The van der Waals surface area contributed by atoms with Crippen molar-refractivity contribution < 1.29 is 57.2 Å². The number of esters is 6. The van der Waals surface area contributed by atoms with Gasteiger partial charge in [0.1, 0.15) is 39.6 Å². The third-order valence-corrected chi connectivity index (χ3v) is 18.0. The second-order valence-corrected chi connectivity index (χ2v) is 26.5. The third kappa shape index (κ3) is 52.1. The van der Waals surface area contributed by atoms with Gasteiger partial charge in [0, 0.05) is 58.9 Å². The van der Waals surface area contributed by atoms with Crippen molar-refractivity contribution in [2.75, 3.05) is 137 Å². The highest BCUT2D eigenvalue weighted by molar-refractivity contribution is 8.01. The minimum absolute atomic E-state index is 0.0229. The molecule has 0 bridgehead atoms. The van der Waals surface area contributed by atoms with E-state index in [4.69, 9.17) is 28.4 Å². The van der Waals surface area contributed by atoms with Crippen LogP contribution in [0.5, 0.6) is 0 Å². The Labute approximate surface area is 512 Å². The average molecular weight is 1220 g/mol. The van der Waals surface area contributed by atoms with Gasteiger partial charge in [0.2, 0.25) is 0 Å². The van der Waals surface area contributed by atoms with Gasteiger partial charge in [-0.05, 0) is 78.4 Å². The number of hydrogen-bond acceptors (Lipinski definition) is 19. The minimum Gasteiger partial charge on any atom is -0.462 e. The van der Waals surface area contributed by atoms with Crippen molar-refractivity contribution >= 4 is 71.1 Å². The van der Waals surface area contributed by atoms with E-state index in [0.717, 1.165) is 36.5 Å². The summed E-state index contributed by atoms with van der Waals surface area (Å²) in [6, 6.07) is 0. The predicted octanol–water partition coefficient (Wildman–Crippen LogP) is 12.3. The van der Waals surface area contributed by atoms with Crippen LogP contribution in [0.3, 0.4) is 0 Å². The fraction of sp³-hybridized carbons (Fsp3) is 0.905. The lowest BCUT2D eigenvalue weighted by Crippen LogP contribution is -2.42. The number of carbonyl (C=O) groups excluding carboxylic acids is 6. The van der Waals surface area contributed by atoms with Crippen LogP contribution in [-0.4, -0.2) is 208 Å². The summed E-state index contributed by atoms with van der Waals surface area (Å²) >= 11 is 4.84. The lowest BCUT2D eigenvalue weighted by molar-refractivity contribution is -0.151. The maximum absolute atomic E-state index is 12.6. The van der Waals surface area contributed by atoms with Gasteiger partial charge in [-0.15, -0.1) is 35.3 Å². The largest absolute Gasteiger partial charge is 0.462 e. The summed E-state index contributed by atoms with van der Waals surface area (Å²) in [5.74, 6) is 0.908. The molecule has 0 aromatic carbocycles. The van der Waals surface area contributed by atoms with E-state index in [2.05, 4.69) is 40.4 Å². The van der Waals surface area contributed by atoms with Crippen molar-refractivity contribution in [2.24, 2.45) is 0 Å². The number of nitrogens with zero attached hydrogens (tertiary/aromatic N) is 4. The molecule has 0 spiro atoms. The van der Waals surface area contributed by atoms with Gasteiger partial charge in [0.25, 0.3) is 0 Å². The first kappa shape index (κ1) is 79.7. The first-order chi connectivity index (χ1) is 39.6. The zero-order valence-corrected chi connectivity index (χ0v) is 55.9. The highest BCUT2D eigenvalue weighted by Crippen LogP contribution is 2.19. The van der Waals surface area contributed by atoms with Gasteiger partial charge in [0.05, 0.1) is 35.0 Å². The molecular formula is C63H120N4O12S3. The standard InChI is InChI=1S/C63H120N4O12S3/c1-10-13-16-19-22-25-28-31-52-80-55(4)61(71)77-49-46-74-58(68)34-37-64(7)40-43-67(44-41-65(8)38-35-59(69)75-47-50-78-62(72)56(5)81-53-32-29-26-23-20-17-14-11-2)45-42-66(9)39-36-60(70)76-48-51-79-63(73)57(6)82-54-33-30-27-24-21-18-15-12-3/h55-57H,10-54H2,1-9H3. The van der Waals surface area contributed by atoms with Crippen LogP contribution in [0.4, 0.5) is 0 Å². The molecule has 0 fully saturated rings. The molecule has 19 heteroatoms. The van der Waals surface area contributed by atoms with Crippen molar-refractivity contribution in [3.05, 3.63) is 0 Å². The van der Waals surface area contributed by atoms with E-state index in [0.29, 0.717) is 58.9 Å². The monoisotopic (exact) mass is 1220 g/mol. The molecule has 0 aromatic heterocycles. The van der Waals surface area contributed by atoms with Crippen LogP contribution in [0, 0.1) is 0 Å². The number of unbranched alkanes of at least 4 members (excludes halogenated alkanes) is 21.